The van der Waals surface area contributed by atoms with Crippen LogP contribution in [-0.4, -0.2) is 47.0 Å². The van der Waals surface area contributed by atoms with E-state index in [-0.39, 0.29) is 10.6 Å². The van der Waals surface area contributed by atoms with Gasteiger partial charge >= 0.3 is 5.97 Å². The Hall–Kier alpha value is -3.32. The van der Waals surface area contributed by atoms with Crippen LogP contribution in [0, 0.1) is 13.8 Å². The van der Waals surface area contributed by atoms with Gasteiger partial charge in [-0.15, -0.1) is 0 Å². The molecule has 1 saturated heterocycles. The number of carbonyl (C=O) groups is 1. The molecule has 0 radical (unpaired) electrons. The lowest BCUT2D eigenvalue weighted by atomic mass is 10.1. The summed E-state index contributed by atoms with van der Waals surface area (Å²) in [5.41, 5.74) is 4.50. The molecule has 7 nitrogen and oxygen atoms in total. The molecule has 0 atom stereocenters. The maximum absolute atomic E-state index is 12.8. The van der Waals surface area contributed by atoms with Crippen LogP contribution in [0.1, 0.15) is 21.5 Å². The van der Waals surface area contributed by atoms with E-state index in [1.165, 1.54) is 45.8 Å². The summed E-state index contributed by atoms with van der Waals surface area (Å²) < 4.78 is 1.18. The molecule has 3 aromatic rings. The Bertz CT molecular complexity index is 1180. The van der Waals surface area contributed by atoms with E-state index in [4.69, 9.17) is 16.7 Å². The summed E-state index contributed by atoms with van der Waals surface area (Å²) in [7, 11) is 0. The molecule has 0 amide bonds. The van der Waals surface area contributed by atoms with Gasteiger partial charge in [0.05, 0.1) is 23.1 Å². The molecule has 4 rings (SSSR count). The van der Waals surface area contributed by atoms with E-state index in [1.807, 2.05) is 0 Å². The highest BCUT2D eigenvalue weighted by Gasteiger charge is 2.22. The first-order chi connectivity index (χ1) is 14.8. The number of nitrogens with zero attached hydrogens (tertiary/aromatic N) is 4. The third kappa shape index (κ3) is 4.14. The normalized spacial score (nSPS) is 14.0. The minimum atomic E-state index is -1.03. The van der Waals surface area contributed by atoms with E-state index in [2.05, 4.69) is 46.9 Å². The maximum atomic E-state index is 12.8. The van der Waals surface area contributed by atoms with Gasteiger partial charge in [0.15, 0.2) is 0 Å². The van der Waals surface area contributed by atoms with Gasteiger partial charge in [0.1, 0.15) is 5.02 Å². The molecule has 31 heavy (non-hydrogen) atoms. The zero-order chi connectivity index (χ0) is 22.1. The topological polar surface area (TPSA) is 78.7 Å². The first-order valence-electron chi connectivity index (χ1n) is 10.0. The van der Waals surface area contributed by atoms with Crippen molar-refractivity contribution in [1.82, 2.24) is 9.78 Å². The summed E-state index contributed by atoms with van der Waals surface area (Å²) in [5.74, 6) is -1.03. The Balaban J connectivity index is 1.53. The molecule has 0 spiro atoms. The van der Waals surface area contributed by atoms with Crippen molar-refractivity contribution in [1.29, 1.82) is 0 Å². The van der Waals surface area contributed by atoms with Gasteiger partial charge in [0.25, 0.3) is 5.56 Å². The molecule has 1 aliphatic heterocycles. The molecule has 1 aromatic heterocycles. The predicted molar refractivity (Wildman–Crippen MR) is 122 cm³/mol. The third-order valence-corrected chi connectivity index (χ3v) is 5.94. The molecule has 0 bridgehead atoms. The summed E-state index contributed by atoms with van der Waals surface area (Å²) >= 11 is 6.44. The Kier molecular flexibility index (Phi) is 5.69. The highest BCUT2D eigenvalue weighted by atomic mass is 35.5. The van der Waals surface area contributed by atoms with Crippen LogP contribution in [-0.2, 0) is 0 Å². The summed E-state index contributed by atoms with van der Waals surface area (Å²) in [6, 6.07) is 12.4. The average molecular weight is 439 g/mol. The van der Waals surface area contributed by atoms with Gasteiger partial charge in [0.2, 0.25) is 0 Å². The SMILES string of the molecule is Cc1ccc(C)c(N2CCN(c3cnn(-c4ccc(C(=O)O)cc4)c(=O)c3Cl)CC2)c1. The van der Waals surface area contributed by atoms with Crippen molar-refractivity contribution in [2.24, 2.45) is 0 Å². The quantitative estimate of drug-likeness (QED) is 0.671. The molecule has 160 valence electrons. The minimum absolute atomic E-state index is 0.109. The first kappa shape index (κ1) is 20.9. The average Bonchev–Trinajstić information content (AvgIpc) is 2.77. The number of benzene rings is 2. The van der Waals surface area contributed by atoms with E-state index in [1.54, 1.807) is 6.20 Å². The number of hydrogen-bond acceptors (Lipinski definition) is 5. The van der Waals surface area contributed by atoms with Crippen LogP contribution in [0.15, 0.2) is 53.5 Å². The Morgan fingerprint density at radius 1 is 0.968 bits per heavy atom. The lowest BCUT2D eigenvalue weighted by Gasteiger charge is -2.38. The standard InChI is InChI=1S/C23H23ClN4O3/c1-15-3-4-16(2)19(13-15)26-9-11-27(12-10-26)20-14-25-28(22(29)21(20)24)18-7-5-17(6-8-18)23(30)31/h3-8,13-14H,9-12H2,1-2H3,(H,30,31). The molecule has 2 heterocycles. The summed E-state index contributed by atoms with van der Waals surface area (Å²) in [4.78, 5) is 28.3. The van der Waals surface area contributed by atoms with E-state index in [9.17, 15) is 9.59 Å². The number of hydrogen-bond donors (Lipinski definition) is 1. The Labute approximate surface area is 185 Å². The smallest absolute Gasteiger partial charge is 0.335 e. The molecule has 0 unspecified atom stereocenters. The molecule has 0 saturated carbocycles. The number of carboxylic acid groups (broad SMARTS) is 1. The molecule has 0 aliphatic carbocycles. The molecule has 2 aromatic carbocycles. The lowest BCUT2D eigenvalue weighted by Crippen LogP contribution is -2.47. The van der Waals surface area contributed by atoms with Crippen molar-refractivity contribution in [2.45, 2.75) is 13.8 Å². The van der Waals surface area contributed by atoms with Crippen molar-refractivity contribution in [3.63, 3.8) is 0 Å². The highest BCUT2D eigenvalue weighted by Crippen LogP contribution is 2.27. The van der Waals surface area contributed by atoms with Gasteiger partial charge in [0, 0.05) is 31.9 Å². The van der Waals surface area contributed by atoms with Crippen LogP contribution in [0.3, 0.4) is 0 Å². The number of aromatic nitrogens is 2. The monoisotopic (exact) mass is 438 g/mol. The van der Waals surface area contributed by atoms with Gasteiger partial charge in [-0.25, -0.2) is 4.79 Å². The lowest BCUT2D eigenvalue weighted by molar-refractivity contribution is 0.0697. The molecule has 1 aliphatic rings. The number of halogens is 1. The number of anilines is 2. The zero-order valence-corrected chi connectivity index (χ0v) is 18.1. The van der Waals surface area contributed by atoms with Gasteiger partial charge in [-0.05, 0) is 55.3 Å². The number of rotatable bonds is 4. The van der Waals surface area contributed by atoms with Crippen LogP contribution in [0.2, 0.25) is 5.02 Å². The van der Waals surface area contributed by atoms with Crippen LogP contribution < -0.4 is 15.4 Å². The Morgan fingerprint density at radius 2 is 1.58 bits per heavy atom. The van der Waals surface area contributed by atoms with Crippen LogP contribution in [0.4, 0.5) is 11.4 Å². The number of aromatic carboxylic acids is 1. The van der Waals surface area contributed by atoms with Gasteiger partial charge in [-0.1, -0.05) is 23.7 Å². The third-order valence-electron chi connectivity index (χ3n) is 5.59. The van der Waals surface area contributed by atoms with Gasteiger partial charge in [-0.3, -0.25) is 4.79 Å². The molecular formula is C23H23ClN4O3. The second kappa shape index (κ2) is 8.43. The number of aryl methyl sites for hydroxylation is 2. The summed E-state index contributed by atoms with van der Waals surface area (Å²) in [6.07, 6.45) is 1.60. The fourth-order valence-corrected chi connectivity index (χ4v) is 4.07. The molecule has 1 fully saturated rings. The van der Waals surface area contributed by atoms with Crippen LogP contribution in [0.5, 0.6) is 0 Å². The number of piperazine rings is 1. The second-order valence-corrected chi connectivity index (χ2v) is 8.05. The van der Waals surface area contributed by atoms with Gasteiger partial charge in [-0.2, -0.15) is 9.78 Å². The van der Waals surface area contributed by atoms with E-state index in [0.717, 1.165) is 26.2 Å². The van der Waals surface area contributed by atoms with Crippen molar-refractivity contribution in [3.05, 3.63) is 80.7 Å². The molecule has 1 N–H and O–H groups in total. The first-order valence-corrected chi connectivity index (χ1v) is 10.4. The maximum Gasteiger partial charge on any atom is 0.335 e. The van der Waals surface area contributed by atoms with Crippen molar-refractivity contribution in [3.8, 4) is 5.69 Å². The van der Waals surface area contributed by atoms with Crippen LogP contribution >= 0.6 is 11.6 Å². The Morgan fingerprint density at radius 3 is 2.19 bits per heavy atom. The second-order valence-electron chi connectivity index (χ2n) is 7.68. The molecule has 8 heteroatoms. The summed E-state index contributed by atoms with van der Waals surface area (Å²) in [6.45, 7) is 7.30. The van der Waals surface area contributed by atoms with Crippen LogP contribution in [0.25, 0.3) is 5.69 Å². The van der Waals surface area contributed by atoms with Crippen molar-refractivity contribution < 1.29 is 9.90 Å². The largest absolute Gasteiger partial charge is 0.478 e. The van der Waals surface area contributed by atoms with Gasteiger partial charge < -0.3 is 14.9 Å². The fourth-order valence-electron chi connectivity index (χ4n) is 3.82. The van der Waals surface area contributed by atoms with Crippen molar-refractivity contribution in [2.75, 3.05) is 36.0 Å². The van der Waals surface area contributed by atoms with E-state index >= 15 is 0 Å². The van der Waals surface area contributed by atoms with E-state index < -0.39 is 11.5 Å². The summed E-state index contributed by atoms with van der Waals surface area (Å²) in [5, 5.41) is 13.4. The minimum Gasteiger partial charge on any atom is -0.478 e. The number of carboxylic acids is 1. The molecular weight excluding hydrogens is 416 g/mol. The predicted octanol–water partition coefficient (Wildman–Crippen LogP) is 3.53. The highest BCUT2D eigenvalue weighted by molar-refractivity contribution is 6.33. The zero-order valence-electron chi connectivity index (χ0n) is 17.4. The fraction of sp³-hybridized carbons (Fsp3) is 0.261. The van der Waals surface area contributed by atoms with E-state index in [0.29, 0.717) is 11.4 Å². The van der Waals surface area contributed by atoms with Crippen molar-refractivity contribution >= 4 is 28.9 Å².